The number of halogens is 1. The van der Waals surface area contributed by atoms with E-state index in [4.69, 9.17) is 21.6 Å². The van der Waals surface area contributed by atoms with Crippen molar-refractivity contribution >= 4 is 61.7 Å². The molecular weight excluding hydrogens is 674 g/mol. The van der Waals surface area contributed by atoms with Crippen LogP contribution in [0, 0.1) is 13.8 Å². The van der Waals surface area contributed by atoms with Crippen molar-refractivity contribution in [1.29, 1.82) is 0 Å². The highest BCUT2D eigenvalue weighted by Crippen LogP contribution is 2.44. The summed E-state index contributed by atoms with van der Waals surface area (Å²) in [4.78, 5) is 39.5. The first-order valence-corrected chi connectivity index (χ1v) is 17.1. The SMILES string of the molecule is Cc1ccc2cccc(NCc3c4[nH]c5c(CNc6cccc7ccc(C)nc67)c(O)ccc5c(-c5ccccc5C(=O)O)c-4cc(Cl)c3=O)c2n1. The molecule has 0 spiro atoms. The second-order valence-electron chi connectivity index (χ2n) is 12.8. The van der Waals surface area contributed by atoms with E-state index in [1.54, 1.807) is 42.5 Å². The van der Waals surface area contributed by atoms with E-state index in [1.165, 1.54) is 0 Å². The molecule has 2 aliphatic rings. The zero-order chi connectivity index (χ0) is 36.1. The number of phenolic OH excluding ortho intramolecular Hbond substituents is 1. The number of carboxylic acids is 1. The van der Waals surface area contributed by atoms with Gasteiger partial charge in [0.2, 0.25) is 5.43 Å². The zero-order valence-corrected chi connectivity index (χ0v) is 29.0. The molecular formula is C42H32ClN5O4. The lowest BCUT2D eigenvalue weighted by atomic mass is 9.87. The second kappa shape index (κ2) is 13.0. The van der Waals surface area contributed by atoms with Gasteiger partial charge in [-0.3, -0.25) is 14.8 Å². The molecule has 6 aromatic rings. The summed E-state index contributed by atoms with van der Waals surface area (Å²) in [6.07, 6.45) is 0. The quantitative estimate of drug-likeness (QED) is 0.0986. The Balaban J connectivity index is 1.35. The average molecular weight is 706 g/mol. The van der Waals surface area contributed by atoms with Gasteiger partial charge < -0.3 is 25.8 Å². The number of anilines is 2. The Morgan fingerprint density at radius 3 is 2.00 bits per heavy atom. The smallest absolute Gasteiger partial charge is 0.336 e. The van der Waals surface area contributed by atoms with Gasteiger partial charge in [0.05, 0.1) is 44.2 Å². The lowest BCUT2D eigenvalue weighted by Crippen LogP contribution is -2.18. The van der Waals surface area contributed by atoms with E-state index in [2.05, 4.69) is 15.6 Å². The Morgan fingerprint density at radius 1 is 0.750 bits per heavy atom. The maximum atomic E-state index is 13.9. The molecule has 0 radical (unpaired) electrons. The molecule has 10 heteroatoms. The van der Waals surface area contributed by atoms with Crippen LogP contribution < -0.4 is 16.1 Å². The third-order valence-electron chi connectivity index (χ3n) is 9.47. The highest BCUT2D eigenvalue weighted by molar-refractivity contribution is 6.31. The molecule has 52 heavy (non-hydrogen) atoms. The fraction of sp³-hybridized carbons (Fsp3) is 0.0952. The van der Waals surface area contributed by atoms with Crippen molar-refractivity contribution in [1.82, 2.24) is 15.0 Å². The summed E-state index contributed by atoms with van der Waals surface area (Å²) in [6.45, 7) is 4.13. The van der Waals surface area contributed by atoms with Gasteiger partial charge in [0.15, 0.2) is 0 Å². The third kappa shape index (κ3) is 5.71. The number of para-hydroxylation sites is 2. The molecule has 0 unspecified atom stereocenters. The number of aromatic amines is 1. The van der Waals surface area contributed by atoms with Crippen molar-refractivity contribution in [2.24, 2.45) is 0 Å². The molecule has 2 aromatic heterocycles. The molecule has 1 aliphatic heterocycles. The van der Waals surface area contributed by atoms with Gasteiger partial charge in [-0.05, 0) is 67.9 Å². The maximum absolute atomic E-state index is 13.9. The number of aromatic carboxylic acids is 1. The average Bonchev–Trinajstić information content (AvgIpc) is 3.14. The summed E-state index contributed by atoms with van der Waals surface area (Å²) in [5.74, 6) is -1.08. The standard InChI is InChI=1S/C42H32ClN5O4/c1-22-13-15-24-7-5-11-33(37(24)46-22)44-20-30-35(49)18-17-28-36(26-9-3-4-10-27(26)42(51)52)29-19-32(43)41(50)31(40(29)48-39(28)30)21-45-34-12-6-8-25-16-14-23(2)47-38(25)34/h3-19,44-45,48-49H,20-21H2,1-2H3,(H,51,52). The molecule has 0 saturated heterocycles. The number of nitrogens with zero attached hydrogens (tertiary/aromatic N) is 2. The fourth-order valence-electron chi connectivity index (χ4n) is 6.95. The lowest BCUT2D eigenvalue weighted by Gasteiger charge is -2.23. The zero-order valence-electron chi connectivity index (χ0n) is 28.2. The van der Waals surface area contributed by atoms with Gasteiger partial charge in [0, 0.05) is 62.9 Å². The fourth-order valence-corrected chi connectivity index (χ4v) is 7.17. The molecule has 0 saturated carbocycles. The number of hydrogen-bond donors (Lipinski definition) is 5. The van der Waals surface area contributed by atoms with Gasteiger partial charge >= 0.3 is 5.97 Å². The van der Waals surface area contributed by atoms with Crippen LogP contribution in [0.25, 0.3) is 55.1 Å². The van der Waals surface area contributed by atoms with Crippen molar-refractivity contribution in [3.8, 4) is 28.1 Å². The van der Waals surface area contributed by atoms with Crippen LogP contribution in [0.2, 0.25) is 5.02 Å². The number of phenols is 1. The van der Waals surface area contributed by atoms with Gasteiger partial charge in [-0.2, -0.15) is 0 Å². The van der Waals surface area contributed by atoms with E-state index in [-0.39, 0.29) is 34.9 Å². The number of H-pyrrole nitrogens is 1. The summed E-state index contributed by atoms with van der Waals surface area (Å²) < 4.78 is 0. The van der Waals surface area contributed by atoms with E-state index >= 15 is 0 Å². The van der Waals surface area contributed by atoms with E-state index in [9.17, 15) is 19.8 Å². The molecule has 8 rings (SSSR count). The number of hydrogen-bond acceptors (Lipinski definition) is 7. The molecule has 0 fully saturated rings. The minimum Gasteiger partial charge on any atom is -0.508 e. The van der Waals surface area contributed by atoms with Crippen LogP contribution in [-0.4, -0.2) is 31.1 Å². The van der Waals surface area contributed by atoms with Crippen LogP contribution in [0.4, 0.5) is 11.4 Å². The Kier molecular flexibility index (Phi) is 8.20. The summed E-state index contributed by atoms with van der Waals surface area (Å²) in [7, 11) is 0. The summed E-state index contributed by atoms with van der Waals surface area (Å²) >= 11 is 6.70. The van der Waals surface area contributed by atoms with Gasteiger partial charge in [0.1, 0.15) is 5.75 Å². The maximum Gasteiger partial charge on any atom is 0.336 e. The Labute approximate surface area is 302 Å². The summed E-state index contributed by atoms with van der Waals surface area (Å²) in [5, 5.41) is 31.1. The van der Waals surface area contributed by atoms with Crippen LogP contribution in [0.1, 0.15) is 32.9 Å². The third-order valence-corrected chi connectivity index (χ3v) is 9.75. The number of rotatable bonds is 8. The van der Waals surface area contributed by atoms with Crippen molar-refractivity contribution in [2.75, 3.05) is 10.6 Å². The van der Waals surface area contributed by atoms with Gasteiger partial charge in [0.25, 0.3) is 0 Å². The Morgan fingerprint density at radius 2 is 1.37 bits per heavy atom. The molecule has 4 aromatic carbocycles. The van der Waals surface area contributed by atoms with E-state index in [0.29, 0.717) is 44.4 Å². The monoisotopic (exact) mass is 705 g/mol. The molecule has 0 amide bonds. The predicted octanol–water partition coefficient (Wildman–Crippen LogP) is 9.29. The number of carbonyl (C=O) groups is 1. The number of aryl methyl sites for hydroxylation is 2. The lowest BCUT2D eigenvalue weighted by molar-refractivity contribution is 0.0697. The second-order valence-corrected chi connectivity index (χ2v) is 13.2. The normalized spacial score (nSPS) is 11.4. The largest absolute Gasteiger partial charge is 0.508 e. The van der Waals surface area contributed by atoms with Gasteiger partial charge in [-0.25, -0.2) is 4.79 Å². The highest BCUT2D eigenvalue weighted by atomic mass is 35.5. The van der Waals surface area contributed by atoms with E-state index in [0.717, 1.165) is 44.6 Å². The molecule has 9 nitrogen and oxygen atoms in total. The van der Waals surface area contributed by atoms with Crippen LogP contribution in [0.3, 0.4) is 0 Å². The Bertz CT molecular complexity index is 2760. The topological polar surface area (TPSA) is 140 Å². The number of aromatic nitrogens is 3. The predicted molar refractivity (Wildman–Crippen MR) is 208 cm³/mol. The van der Waals surface area contributed by atoms with Crippen LogP contribution in [0.15, 0.2) is 108 Å². The van der Waals surface area contributed by atoms with Crippen molar-refractivity contribution in [2.45, 2.75) is 26.9 Å². The number of pyridine rings is 3. The number of aromatic hydroxyl groups is 1. The van der Waals surface area contributed by atoms with Gasteiger partial charge in [-0.1, -0.05) is 66.2 Å². The number of carboxylic acid groups (broad SMARTS) is 1. The number of benzene rings is 5. The highest BCUT2D eigenvalue weighted by Gasteiger charge is 2.26. The van der Waals surface area contributed by atoms with Crippen LogP contribution in [0.5, 0.6) is 5.75 Å². The van der Waals surface area contributed by atoms with Crippen LogP contribution >= 0.6 is 11.6 Å². The molecule has 1 aliphatic carbocycles. The van der Waals surface area contributed by atoms with E-state index < -0.39 is 5.97 Å². The summed E-state index contributed by atoms with van der Waals surface area (Å²) in [5.41, 5.74) is 7.96. The molecule has 0 atom stereocenters. The summed E-state index contributed by atoms with van der Waals surface area (Å²) in [6, 6.07) is 31.3. The number of fused-ring (bicyclic) bond motifs is 4. The van der Waals surface area contributed by atoms with E-state index in [1.807, 2.05) is 74.5 Å². The van der Waals surface area contributed by atoms with Crippen molar-refractivity contribution in [3.63, 3.8) is 0 Å². The van der Waals surface area contributed by atoms with Crippen LogP contribution in [-0.2, 0) is 13.1 Å². The first kappa shape index (κ1) is 32.7. The van der Waals surface area contributed by atoms with Gasteiger partial charge in [-0.15, -0.1) is 0 Å². The van der Waals surface area contributed by atoms with Crippen molar-refractivity contribution in [3.05, 3.63) is 146 Å². The first-order chi connectivity index (χ1) is 25.2. The minimum atomic E-state index is -1.10. The Hall–Kier alpha value is -6.45. The molecule has 0 bridgehead atoms. The molecule has 5 N–H and O–H groups in total. The molecule has 256 valence electrons. The first-order valence-electron chi connectivity index (χ1n) is 16.7. The molecule has 3 heterocycles. The van der Waals surface area contributed by atoms with Crippen molar-refractivity contribution < 1.29 is 15.0 Å². The minimum absolute atomic E-state index is 0.00240. The number of nitrogens with one attached hydrogen (secondary N) is 3.